The van der Waals surface area contributed by atoms with Crippen LogP contribution >= 0.6 is 0 Å². The molecule has 0 bridgehead atoms. The van der Waals surface area contributed by atoms with Gasteiger partial charge in [0.2, 0.25) is 0 Å². The van der Waals surface area contributed by atoms with Crippen LogP contribution in [0.4, 0.5) is 10.5 Å². The summed E-state index contributed by atoms with van der Waals surface area (Å²) < 4.78 is 5.63. The zero-order chi connectivity index (χ0) is 16.9. The summed E-state index contributed by atoms with van der Waals surface area (Å²) in [5.41, 5.74) is 0.907. The normalized spacial score (nSPS) is 14.3. The predicted octanol–water partition coefficient (Wildman–Crippen LogP) is 3.83. The number of nitrogens with zero attached hydrogens (tertiary/aromatic N) is 3. The van der Waals surface area contributed by atoms with E-state index in [9.17, 15) is 4.79 Å². The lowest BCUT2D eigenvalue weighted by atomic mass is 10.2. The van der Waals surface area contributed by atoms with Crippen molar-refractivity contribution in [2.24, 2.45) is 0 Å². The highest BCUT2D eigenvalue weighted by Crippen LogP contribution is 2.26. The number of urea groups is 1. The molecule has 6 nitrogen and oxygen atoms in total. The molecule has 3 rings (SSSR count). The predicted molar refractivity (Wildman–Crippen MR) is 89.2 cm³/mol. The van der Waals surface area contributed by atoms with Gasteiger partial charge in [0.05, 0.1) is 18.4 Å². The van der Waals surface area contributed by atoms with Crippen LogP contribution < -0.4 is 5.32 Å². The van der Waals surface area contributed by atoms with Crippen molar-refractivity contribution < 1.29 is 9.21 Å². The smallest absolute Gasteiger partial charge is 0.322 e. The molecule has 6 heteroatoms. The van der Waals surface area contributed by atoms with Crippen molar-refractivity contribution in [1.29, 1.82) is 5.26 Å². The molecule has 0 radical (unpaired) electrons. The number of furan rings is 1. The molecule has 2 aromatic rings. The van der Waals surface area contributed by atoms with Crippen molar-refractivity contribution in [2.45, 2.75) is 45.2 Å². The number of nitrogens with one attached hydrogen (secondary N) is 1. The van der Waals surface area contributed by atoms with Gasteiger partial charge in [-0.05, 0) is 44.0 Å². The number of carbonyl (C=O) groups excluding carboxylic acids is 1. The van der Waals surface area contributed by atoms with Crippen molar-refractivity contribution >= 4 is 11.7 Å². The summed E-state index contributed by atoms with van der Waals surface area (Å²) in [6, 6.07) is 9.12. The number of aryl methyl sites for hydroxylation is 1. The molecule has 124 valence electrons. The molecule has 1 aliphatic carbocycles. The third kappa shape index (κ3) is 3.74. The van der Waals surface area contributed by atoms with Gasteiger partial charge in [-0.15, -0.1) is 0 Å². The summed E-state index contributed by atoms with van der Waals surface area (Å²) in [4.78, 5) is 18.6. The first-order valence-electron chi connectivity index (χ1n) is 8.15. The Balaban J connectivity index is 1.73. The number of amides is 2. The fourth-order valence-corrected chi connectivity index (χ4v) is 3.05. The van der Waals surface area contributed by atoms with Gasteiger partial charge in [-0.25, -0.2) is 9.78 Å². The highest BCUT2D eigenvalue weighted by molar-refractivity contribution is 5.89. The molecular formula is C18H20N4O2. The first-order valence-corrected chi connectivity index (χ1v) is 8.15. The molecule has 0 saturated heterocycles. The van der Waals surface area contributed by atoms with E-state index >= 15 is 0 Å². The summed E-state index contributed by atoms with van der Waals surface area (Å²) in [6.07, 6.45) is 5.81. The van der Waals surface area contributed by atoms with E-state index in [1.165, 1.54) is 6.20 Å². The van der Waals surface area contributed by atoms with Gasteiger partial charge in [-0.1, -0.05) is 12.8 Å². The van der Waals surface area contributed by atoms with Gasteiger partial charge in [0.1, 0.15) is 23.3 Å². The zero-order valence-electron chi connectivity index (χ0n) is 13.7. The second-order valence-corrected chi connectivity index (χ2v) is 6.05. The molecule has 2 amide bonds. The number of carbonyl (C=O) groups is 1. The Kier molecular flexibility index (Phi) is 4.80. The quantitative estimate of drug-likeness (QED) is 0.926. The Labute approximate surface area is 141 Å². The number of rotatable bonds is 4. The fourth-order valence-electron chi connectivity index (χ4n) is 3.05. The van der Waals surface area contributed by atoms with Crippen molar-refractivity contribution in [3.63, 3.8) is 0 Å². The second-order valence-electron chi connectivity index (χ2n) is 6.05. The maximum absolute atomic E-state index is 12.7. The fraction of sp³-hybridized carbons (Fsp3) is 0.389. The Morgan fingerprint density at radius 1 is 1.38 bits per heavy atom. The van der Waals surface area contributed by atoms with Crippen LogP contribution in [0.15, 0.2) is 34.9 Å². The van der Waals surface area contributed by atoms with Crippen molar-refractivity contribution in [3.05, 3.63) is 47.7 Å². The molecule has 24 heavy (non-hydrogen) atoms. The minimum Gasteiger partial charge on any atom is -0.464 e. The molecule has 0 aromatic carbocycles. The van der Waals surface area contributed by atoms with E-state index < -0.39 is 0 Å². The van der Waals surface area contributed by atoms with E-state index in [0.717, 1.165) is 37.2 Å². The first kappa shape index (κ1) is 16.1. The summed E-state index contributed by atoms with van der Waals surface area (Å²) >= 11 is 0. The average Bonchev–Trinajstić information content (AvgIpc) is 3.25. The molecule has 1 saturated carbocycles. The monoisotopic (exact) mass is 324 g/mol. The third-order valence-electron chi connectivity index (χ3n) is 4.28. The summed E-state index contributed by atoms with van der Waals surface area (Å²) in [6.45, 7) is 2.35. The van der Waals surface area contributed by atoms with E-state index in [1.54, 1.807) is 12.1 Å². The molecule has 0 unspecified atom stereocenters. The van der Waals surface area contributed by atoms with E-state index in [0.29, 0.717) is 17.9 Å². The number of hydrogen-bond donors (Lipinski definition) is 1. The van der Waals surface area contributed by atoms with Crippen LogP contribution in [0.5, 0.6) is 0 Å². The molecule has 0 aliphatic heterocycles. The molecule has 0 spiro atoms. The summed E-state index contributed by atoms with van der Waals surface area (Å²) in [5, 5.41) is 11.7. The largest absolute Gasteiger partial charge is 0.464 e. The van der Waals surface area contributed by atoms with Crippen LogP contribution in [0, 0.1) is 18.3 Å². The van der Waals surface area contributed by atoms with Crippen LogP contribution in [0.3, 0.4) is 0 Å². The molecule has 2 aromatic heterocycles. The second kappa shape index (κ2) is 7.18. The lowest BCUT2D eigenvalue weighted by Crippen LogP contribution is -2.41. The van der Waals surface area contributed by atoms with Crippen LogP contribution in [-0.4, -0.2) is 22.0 Å². The standard InChI is InChI=1S/C18H20N4O2/c1-13-6-9-17(24-13)12-22(16-4-2-3-5-16)18(23)21-15-8-7-14(10-19)20-11-15/h6-9,11,16H,2-5,12H2,1H3,(H,21,23). The molecule has 1 N–H and O–H groups in total. The van der Waals surface area contributed by atoms with Gasteiger partial charge < -0.3 is 14.6 Å². The van der Waals surface area contributed by atoms with E-state index in [4.69, 9.17) is 9.68 Å². The van der Waals surface area contributed by atoms with E-state index in [1.807, 2.05) is 30.0 Å². The van der Waals surface area contributed by atoms with Crippen LogP contribution in [-0.2, 0) is 6.54 Å². The Bertz CT molecular complexity index is 739. The van der Waals surface area contributed by atoms with Crippen LogP contribution in [0.25, 0.3) is 0 Å². The Hall–Kier alpha value is -2.81. The number of pyridine rings is 1. The minimum absolute atomic E-state index is 0.164. The lowest BCUT2D eigenvalue weighted by molar-refractivity contribution is 0.178. The molecule has 1 aliphatic rings. The highest BCUT2D eigenvalue weighted by atomic mass is 16.3. The highest BCUT2D eigenvalue weighted by Gasteiger charge is 2.27. The topological polar surface area (TPSA) is 82.2 Å². The van der Waals surface area contributed by atoms with Gasteiger partial charge in [0.15, 0.2) is 0 Å². The van der Waals surface area contributed by atoms with Gasteiger partial charge >= 0.3 is 6.03 Å². The van der Waals surface area contributed by atoms with Crippen LogP contribution in [0.2, 0.25) is 0 Å². The van der Waals surface area contributed by atoms with Crippen LogP contribution in [0.1, 0.15) is 42.9 Å². The van der Waals surface area contributed by atoms with Crippen molar-refractivity contribution in [1.82, 2.24) is 9.88 Å². The molecule has 0 atom stereocenters. The van der Waals surface area contributed by atoms with E-state index in [2.05, 4.69) is 10.3 Å². The Morgan fingerprint density at radius 2 is 2.17 bits per heavy atom. The number of nitriles is 1. The number of aromatic nitrogens is 1. The average molecular weight is 324 g/mol. The maximum Gasteiger partial charge on any atom is 0.322 e. The minimum atomic E-state index is -0.164. The first-order chi connectivity index (χ1) is 11.7. The van der Waals surface area contributed by atoms with Gasteiger partial charge in [-0.2, -0.15) is 5.26 Å². The lowest BCUT2D eigenvalue weighted by Gasteiger charge is -2.28. The summed E-state index contributed by atoms with van der Waals surface area (Å²) in [5.74, 6) is 1.63. The third-order valence-corrected chi connectivity index (χ3v) is 4.28. The molecule has 1 fully saturated rings. The molecule has 2 heterocycles. The molecular weight excluding hydrogens is 304 g/mol. The van der Waals surface area contributed by atoms with Crippen molar-refractivity contribution in [2.75, 3.05) is 5.32 Å². The van der Waals surface area contributed by atoms with Gasteiger partial charge in [-0.3, -0.25) is 0 Å². The van der Waals surface area contributed by atoms with Gasteiger partial charge in [0, 0.05) is 6.04 Å². The Morgan fingerprint density at radius 3 is 2.75 bits per heavy atom. The zero-order valence-corrected chi connectivity index (χ0v) is 13.7. The van der Waals surface area contributed by atoms with Crippen molar-refractivity contribution in [3.8, 4) is 6.07 Å². The van der Waals surface area contributed by atoms with E-state index in [-0.39, 0.29) is 12.1 Å². The maximum atomic E-state index is 12.7. The van der Waals surface area contributed by atoms with Gasteiger partial charge in [0.25, 0.3) is 0 Å². The summed E-state index contributed by atoms with van der Waals surface area (Å²) in [7, 11) is 0. The SMILES string of the molecule is Cc1ccc(CN(C(=O)Nc2ccc(C#N)nc2)C2CCCC2)o1. The number of anilines is 1. The number of hydrogen-bond acceptors (Lipinski definition) is 4.